The lowest BCUT2D eigenvalue weighted by atomic mass is 9.43. The van der Waals surface area contributed by atoms with Crippen LogP contribution in [-0.4, -0.2) is 60.0 Å². The van der Waals surface area contributed by atoms with Crippen LogP contribution in [0.1, 0.15) is 47.0 Å². The Morgan fingerprint density at radius 3 is 2.42 bits per heavy atom. The van der Waals surface area contributed by atoms with Gasteiger partial charge in [-0.2, -0.15) is 0 Å². The molecule has 2 aliphatic heterocycles. The van der Waals surface area contributed by atoms with E-state index in [1.165, 1.54) is 13.8 Å². The summed E-state index contributed by atoms with van der Waals surface area (Å²) >= 11 is 0. The van der Waals surface area contributed by atoms with Gasteiger partial charge in [0, 0.05) is 37.0 Å². The molecule has 5 rings (SSSR count). The third-order valence-corrected chi connectivity index (χ3v) is 8.88. The van der Waals surface area contributed by atoms with Crippen molar-refractivity contribution in [2.45, 2.75) is 71.6 Å². The van der Waals surface area contributed by atoms with E-state index in [4.69, 9.17) is 18.9 Å². The summed E-state index contributed by atoms with van der Waals surface area (Å²) < 4.78 is 23.2. The first kappa shape index (κ1) is 22.5. The van der Waals surface area contributed by atoms with Gasteiger partial charge in [-0.05, 0) is 30.3 Å². The Morgan fingerprint density at radius 1 is 1.12 bits per heavy atom. The van der Waals surface area contributed by atoms with E-state index in [1.54, 1.807) is 0 Å². The van der Waals surface area contributed by atoms with Crippen molar-refractivity contribution >= 4 is 23.7 Å². The largest absolute Gasteiger partial charge is 0.461 e. The Labute approximate surface area is 191 Å². The maximum Gasteiger partial charge on any atom is 0.324 e. The minimum Gasteiger partial charge on any atom is -0.461 e. The van der Waals surface area contributed by atoms with Gasteiger partial charge in [-0.15, -0.1) is 0 Å². The van der Waals surface area contributed by atoms with Crippen molar-refractivity contribution in [3.05, 3.63) is 12.2 Å². The molecular weight excluding hydrogens is 432 g/mol. The molecule has 0 radical (unpaired) electrons. The van der Waals surface area contributed by atoms with Gasteiger partial charge >= 0.3 is 17.9 Å². The number of aliphatic hydroxyl groups excluding tert-OH is 1. The number of rotatable bonds is 2. The molecule has 9 heteroatoms. The fraction of sp³-hybridized carbons (Fsp3) is 0.750. The zero-order valence-corrected chi connectivity index (χ0v) is 19.3. The van der Waals surface area contributed by atoms with Gasteiger partial charge in [0.2, 0.25) is 6.29 Å². The van der Waals surface area contributed by atoms with E-state index < -0.39 is 82.3 Å². The summed E-state index contributed by atoms with van der Waals surface area (Å²) in [5, 5.41) is 11.5. The fourth-order valence-electron chi connectivity index (χ4n) is 7.95. The second-order valence-corrected chi connectivity index (χ2v) is 10.9. The number of Topliss-reactive ketones (excluding diaryl/α,β-unsaturated/α-hetero) is 1. The van der Waals surface area contributed by atoms with Crippen LogP contribution in [0.25, 0.3) is 0 Å². The van der Waals surface area contributed by atoms with E-state index in [0.29, 0.717) is 12.8 Å². The van der Waals surface area contributed by atoms with Crippen LogP contribution in [0.5, 0.6) is 0 Å². The van der Waals surface area contributed by atoms with Crippen molar-refractivity contribution in [3.63, 3.8) is 0 Å². The number of carbonyl (C=O) groups is 4. The van der Waals surface area contributed by atoms with Crippen LogP contribution in [0.15, 0.2) is 12.2 Å². The van der Waals surface area contributed by atoms with Gasteiger partial charge in [-0.25, -0.2) is 0 Å². The highest BCUT2D eigenvalue weighted by atomic mass is 16.7. The minimum absolute atomic E-state index is 0.0394. The van der Waals surface area contributed by atoms with Crippen LogP contribution in [0, 0.1) is 34.0 Å². The second kappa shape index (κ2) is 6.88. The maximum atomic E-state index is 13.7. The topological polar surface area (TPSA) is 125 Å². The van der Waals surface area contributed by atoms with Crippen LogP contribution in [-0.2, 0) is 38.1 Å². The SMILES string of the molecule is C=C1C(=O)[C@@]23C(=O)O[C@H]4CCC(C)(C)[C@H]5[C@H](OC(C)=O)OC[C@@]45[C@@H]2[C@H](O)C[C@@H]1[C@H]3OC(C)=O. The lowest BCUT2D eigenvalue weighted by Gasteiger charge is -2.63. The number of aliphatic hydroxyl groups is 1. The Bertz CT molecular complexity index is 969. The number of carbonyl (C=O) groups excluding carboxylic acids is 4. The lowest BCUT2D eigenvalue weighted by molar-refractivity contribution is -0.269. The molecule has 5 aliphatic rings. The van der Waals surface area contributed by atoms with Crippen LogP contribution in [0.4, 0.5) is 0 Å². The van der Waals surface area contributed by atoms with E-state index in [-0.39, 0.29) is 18.6 Å². The number of hydrogen-bond donors (Lipinski definition) is 1. The average Bonchev–Trinajstić information content (AvgIpc) is 3.13. The van der Waals surface area contributed by atoms with Crippen molar-refractivity contribution in [1.82, 2.24) is 0 Å². The van der Waals surface area contributed by atoms with Crippen molar-refractivity contribution in [2.24, 2.45) is 34.0 Å². The molecule has 9 nitrogen and oxygen atoms in total. The molecule has 33 heavy (non-hydrogen) atoms. The molecular formula is C24H30O9. The average molecular weight is 462 g/mol. The third-order valence-electron chi connectivity index (χ3n) is 8.88. The van der Waals surface area contributed by atoms with E-state index in [2.05, 4.69) is 6.58 Å². The van der Waals surface area contributed by atoms with E-state index in [0.717, 1.165) is 0 Å². The summed E-state index contributed by atoms with van der Waals surface area (Å²) in [6.07, 6.45) is -2.40. The summed E-state index contributed by atoms with van der Waals surface area (Å²) in [6.45, 7) is 10.5. The fourth-order valence-corrected chi connectivity index (χ4v) is 7.95. The van der Waals surface area contributed by atoms with Crippen molar-refractivity contribution in [3.8, 4) is 0 Å². The third kappa shape index (κ3) is 2.60. The zero-order chi connectivity index (χ0) is 24.1. The highest BCUT2D eigenvalue weighted by Gasteiger charge is 2.83. The zero-order valence-electron chi connectivity index (χ0n) is 19.3. The maximum absolute atomic E-state index is 13.7. The highest BCUT2D eigenvalue weighted by Crippen LogP contribution is 2.71. The van der Waals surface area contributed by atoms with Crippen molar-refractivity contribution in [2.75, 3.05) is 6.61 Å². The van der Waals surface area contributed by atoms with Gasteiger partial charge in [0.15, 0.2) is 11.2 Å². The second-order valence-electron chi connectivity index (χ2n) is 10.9. The Hall–Kier alpha value is -2.26. The molecule has 3 aliphatic carbocycles. The van der Waals surface area contributed by atoms with Gasteiger partial charge in [0.25, 0.3) is 0 Å². The molecule has 5 fully saturated rings. The van der Waals surface area contributed by atoms with Gasteiger partial charge < -0.3 is 24.1 Å². The standard InChI is InChI=1S/C24H30O9/c1-10-13-8-14(27)16-23-9-30-20(32-12(3)26)17(23)22(4,5)7-6-15(23)33-21(29)24(16,18(10)28)19(13)31-11(2)25/h13-17,19-20,27H,1,6-9H2,2-5H3/t13-,14+,15-,16-,17+,19+,20-,23-,24-/m0/s1. The van der Waals surface area contributed by atoms with Crippen LogP contribution in [0.2, 0.25) is 0 Å². The quantitative estimate of drug-likeness (QED) is 0.280. The van der Waals surface area contributed by atoms with Crippen LogP contribution in [0.3, 0.4) is 0 Å². The molecule has 0 aromatic rings. The Balaban J connectivity index is 1.74. The first-order valence-electron chi connectivity index (χ1n) is 11.5. The summed E-state index contributed by atoms with van der Waals surface area (Å²) in [7, 11) is 0. The molecule has 1 N–H and O–H groups in total. The molecule has 9 atom stereocenters. The summed E-state index contributed by atoms with van der Waals surface area (Å²) in [4.78, 5) is 51.3. The number of ether oxygens (including phenoxy) is 4. The first-order chi connectivity index (χ1) is 15.4. The molecule has 0 aromatic heterocycles. The van der Waals surface area contributed by atoms with Crippen LogP contribution >= 0.6 is 0 Å². The molecule has 2 spiro atoms. The highest BCUT2D eigenvalue weighted by molar-refractivity contribution is 6.16. The van der Waals surface area contributed by atoms with Crippen molar-refractivity contribution in [1.29, 1.82) is 0 Å². The predicted molar refractivity (Wildman–Crippen MR) is 110 cm³/mol. The molecule has 0 amide bonds. The van der Waals surface area contributed by atoms with Gasteiger partial charge in [0.05, 0.1) is 12.7 Å². The first-order valence-corrected chi connectivity index (χ1v) is 11.5. The Kier molecular flexibility index (Phi) is 4.70. The number of hydrogen-bond acceptors (Lipinski definition) is 9. The number of fused-ring (bicyclic) bond motifs is 1. The molecule has 3 saturated carbocycles. The van der Waals surface area contributed by atoms with E-state index in [1.807, 2.05) is 13.8 Å². The van der Waals surface area contributed by atoms with Gasteiger partial charge in [0.1, 0.15) is 12.2 Å². The summed E-state index contributed by atoms with van der Waals surface area (Å²) in [6, 6.07) is 0. The number of esters is 3. The Morgan fingerprint density at radius 2 is 1.79 bits per heavy atom. The van der Waals surface area contributed by atoms with Gasteiger partial charge in [-0.3, -0.25) is 19.2 Å². The lowest BCUT2D eigenvalue weighted by Crippen LogP contribution is -2.74. The summed E-state index contributed by atoms with van der Waals surface area (Å²) in [5.74, 6) is -4.52. The molecule has 2 saturated heterocycles. The molecule has 0 aromatic carbocycles. The predicted octanol–water partition coefficient (Wildman–Crippen LogP) is 1.31. The number of ketones is 1. The minimum atomic E-state index is -1.90. The van der Waals surface area contributed by atoms with Crippen LogP contribution < -0.4 is 0 Å². The molecule has 0 unspecified atom stereocenters. The van der Waals surface area contributed by atoms with Gasteiger partial charge in [-0.1, -0.05) is 20.4 Å². The monoisotopic (exact) mass is 462 g/mol. The molecule has 2 heterocycles. The summed E-state index contributed by atoms with van der Waals surface area (Å²) in [5.41, 5.74) is -3.15. The molecule has 2 bridgehead atoms. The van der Waals surface area contributed by atoms with E-state index >= 15 is 0 Å². The van der Waals surface area contributed by atoms with Crippen molar-refractivity contribution < 1.29 is 43.2 Å². The normalized spacial score (nSPS) is 47.2. The molecule has 180 valence electrons. The smallest absolute Gasteiger partial charge is 0.324 e. The van der Waals surface area contributed by atoms with E-state index in [9.17, 15) is 24.3 Å².